The zero-order valence-corrected chi connectivity index (χ0v) is 20.9. The van der Waals surface area contributed by atoms with Crippen LogP contribution < -0.4 is 4.74 Å². The van der Waals surface area contributed by atoms with Crippen LogP contribution in [0.5, 0.6) is 5.75 Å². The van der Waals surface area contributed by atoms with Crippen LogP contribution in [-0.2, 0) is 28.5 Å². The molecule has 37 heavy (non-hydrogen) atoms. The first kappa shape index (κ1) is 24.9. The van der Waals surface area contributed by atoms with Gasteiger partial charge in [-0.1, -0.05) is 6.07 Å². The Labute approximate surface area is 211 Å². The molecular formula is C25H26F2N6O4. The summed E-state index contributed by atoms with van der Waals surface area (Å²) in [6.45, 7) is 5.30. The minimum Gasteiger partial charge on any atom is -0.485 e. The van der Waals surface area contributed by atoms with Gasteiger partial charge in [-0.3, -0.25) is 9.20 Å². The van der Waals surface area contributed by atoms with Crippen molar-refractivity contribution in [3.8, 4) is 5.75 Å². The first-order valence-corrected chi connectivity index (χ1v) is 11.7. The zero-order chi connectivity index (χ0) is 26.4. The van der Waals surface area contributed by atoms with Crippen molar-refractivity contribution >= 4 is 11.4 Å². The number of tetrazole rings is 1. The highest BCUT2D eigenvalue weighted by molar-refractivity contribution is 5.97. The van der Waals surface area contributed by atoms with Crippen LogP contribution >= 0.6 is 0 Å². The van der Waals surface area contributed by atoms with Crippen LogP contribution in [0.4, 0.5) is 8.78 Å². The van der Waals surface area contributed by atoms with Gasteiger partial charge in [0, 0.05) is 12.6 Å². The number of hydrogen-bond donors (Lipinski definition) is 0. The van der Waals surface area contributed by atoms with Gasteiger partial charge in [0.25, 0.3) is 0 Å². The first-order chi connectivity index (χ1) is 17.6. The Hall–Kier alpha value is -3.77. The summed E-state index contributed by atoms with van der Waals surface area (Å²) in [7, 11) is 1.64. The Balaban J connectivity index is 1.46. The summed E-state index contributed by atoms with van der Waals surface area (Å²) in [5.74, 6) is -1.82. The number of rotatable bonds is 7. The first-order valence-electron chi connectivity index (χ1n) is 11.7. The van der Waals surface area contributed by atoms with Crippen molar-refractivity contribution in [3.05, 3.63) is 70.9 Å². The van der Waals surface area contributed by atoms with E-state index in [0.717, 1.165) is 0 Å². The molecule has 194 valence electrons. The van der Waals surface area contributed by atoms with Gasteiger partial charge in [-0.15, -0.1) is 10.2 Å². The number of benzene rings is 1. The number of carbonyl (C=O) groups is 1. The molecule has 1 aliphatic heterocycles. The van der Waals surface area contributed by atoms with Gasteiger partial charge in [-0.25, -0.2) is 13.8 Å². The number of nitrogens with zero attached hydrogens (tertiary/aromatic N) is 6. The molecule has 1 saturated heterocycles. The molecule has 1 aromatic carbocycles. The maximum Gasteiger partial charge on any atom is 0.186 e. The average molecular weight is 513 g/mol. The molecule has 1 fully saturated rings. The molecule has 10 nitrogen and oxygen atoms in total. The number of hydrogen-bond acceptors (Lipinski definition) is 8. The fourth-order valence-corrected chi connectivity index (χ4v) is 4.33. The summed E-state index contributed by atoms with van der Waals surface area (Å²) >= 11 is 0. The van der Waals surface area contributed by atoms with Crippen LogP contribution in [0.2, 0.25) is 0 Å². The molecule has 5 rings (SSSR count). The standard InChI is InChI=1S/C25H26F2N6O4/c1-15-21(19(34)11-25(23-29-31-32(4)30-23)13-36-24(2,3)37-14-25)33-10-6-9-20(22(33)28-15)35-12-16-17(26)7-5-8-18(16)27/h5-10H,11-14H2,1-4H3. The van der Waals surface area contributed by atoms with E-state index in [4.69, 9.17) is 14.2 Å². The summed E-state index contributed by atoms with van der Waals surface area (Å²) in [6, 6.07) is 6.93. The third kappa shape index (κ3) is 4.69. The third-order valence-corrected chi connectivity index (χ3v) is 6.36. The van der Waals surface area contributed by atoms with E-state index >= 15 is 0 Å². The molecule has 4 aromatic rings. The summed E-state index contributed by atoms with van der Waals surface area (Å²) in [4.78, 5) is 19.6. The van der Waals surface area contributed by atoms with E-state index in [2.05, 4.69) is 20.4 Å². The van der Waals surface area contributed by atoms with E-state index in [1.807, 2.05) is 0 Å². The highest BCUT2D eigenvalue weighted by Crippen LogP contribution is 2.36. The minimum absolute atomic E-state index is 0.0189. The Morgan fingerprint density at radius 3 is 2.49 bits per heavy atom. The van der Waals surface area contributed by atoms with E-state index in [0.29, 0.717) is 22.9 Å². The lowest BCUT2D eigenvalue weighted by atomic mass is 9.81. The van der Waals surface area contributed by atoms with E-state index < -0.39 is 22.8 Å². The number of fused-ring (bicyclic) bond motifs is 1. The topological polar surface area (TPSA) is 106 Å². The van der Waals surface area contributed by atoms with Crippen molar-refractivity contribution in [2.45, 2.75) is 45.0 Å². The van der Waals surface area contributed by atoms with Gasteiger partial charge in [0.15, 0.2) is 28.8 Å². The van der Waals surface area contributed by atoms with Crippen LogP contribution in [0.25, 0.3) is 5.65 Å². The Morgan fingerprint density at radius 2 is 1.84 bits per heavy atom. The van der Waals surface area contributed by atoms with Crippen molar-refractivity contribution in [1.29, 1.82) is 0 Å². The molecule has 1 aliphatic rings. The van der Waals surface area contributed by atoms with Gasteiger partial charge in [-0.05, 0) is 50.3 Å². The molecule has 0 amide bonds. The molecule has 0 N–H and O–H groups in total. The van der Waals surface area contributed by atoms with Crippen molar-refractivity contribution in [2.75, 3.05) is 13.2 Å². The fourth-order valence-electron chi connectivity index (χ4n) is 4.33. The van der Waals surface area contributed by atoms with Crippen LogP contribution in [-0.4, -0.2) is 54.4 Å². The number of imidazole rings is 1. The largest absolute Gasteiger partial charge is 0.485 e. The minimum atomic E-state index is -0.950. The summed E-state index contributed by atoms with van der Waals surface area (Å²) in [6.07, 6.45) is 1.66. The van der Waals surface area contributed by atoms with Crippen molar-refractivity contribution in [2.24, 2.45) is 7.05 Å². The lowest BCUT2D eigenvalue weighted by Gasteiger charge is -2.41. The highest BCUT2D eigenvalue weighted by Gasteiger charge is 2.46. The second-order valence-corrected chi connectivity index (χ2v) is 9.56. The molecule has 0 spiro atoms. The maximum absolute atomic E-state index is 14.1. The zero-order valence-electron chi connectivity index (χ0n) is 20.9. The monoisotopic (exact) mass is 512 g/mol. The van der Waals surface area contributed by atoms with Gasteiger partial charge < -0.3 is 14.2 Å². The van der Waals surface area contributed by atoms with Crippen molar-refractivity contribution in [3.63, 3.8) is 0 Å². The number of ether oxygens (including phenoxy) is 3. The number of aryl methyl sites for hydroxylation is 2. The molecule has 3 aromatic heterocycles. The van der Waals surface area contributed by atoms with Crippen molar-refractivity contribution in [1.82, 2.24) is 29.6 Å². The molecule has 4 heterocycles. The molecule has 0 aliphatic carbocycles. The normalized spacial score (nSPS) is 16.7. The Kier molecular flexibility index (Phi) is 6.24. The highest BCUT2D eigenvalue weighted by atomic mass is 19.1. The average Bonchev–Trinajstić information content (AvgIpc) is 3.43. The number of carbonyl (C=O) groups excluding carboxylic acids is 1. The second kappa shape index (κ2) is 9.27. The van der Waals surface area contributed by atoms with E-state index in [1.54, 1.807) is 50.5 Å². The van der Waals surface area contributed by atoms with Crippen LogP contribution in [0.1, 0.15) is 47.8 Å². The number of aromatic nitrogens is 6. The Bertz CT molecular complexity index is 1450. The van der Waals surface area contributed by atoms with Gasteiger partial charge in [0.05, 0.1) is 36.9 Å². The number of pyridine rings is 1. The molecule has 0 unspecified atom stereocenters. The Morgan fingerprint density at radius 1 is 1.14 bits per heavy atom. The maximum atomic E-state index is 14.1. The SMILES string of the molecule is Cc1nc2c(OCc3c(F)cccc3F)cccn2c1C(=O)CC1(c2nnn(C)n2)COC(C)(C)OC1. The molecule has 0 atom stereocenters. The van der Waals surface area contributed by atoms with Crippen LogP contribution in [0.15, 0.2) is 36.5 Å². The number of halogens is 2. The summed E-state index contributed by atoms with van der Waals surface area (Å²) in [5.41, 5.74) is 0.0178. The molecule has 12 heteroatoms. The van der Waals surface area contributed by atoms with Crippen molar-refractivity contribution < 1.29 is 27.8 Å². The van der Waals surface area contributed by atoms with E-state index in [-0.39, 0.29) is 43.3 Å². The quantitative estimate of drug-likeness (QED) is 0.347. The second-order valence-electron chi connectivity index (χ2n) is 9.56. The lowest BCUT2D eigenvalue weighted by Crippen LogP contribution is -2.51. The number of ketones is 1. The number of Topliss-reactive ketones (excluding diaryl/α,β-unsaturated/α-hetero) is 1. The third-order valence-electron chi connectivity index (χ3n) is 6.36. The fraction of sp³-hybridized carbons (Fsp3) is 0.400. The van der Waals surface area contributed by atoms with Gasteiger partial charge in [0.1, 0.15) is 23.9 Å². The molecule has 0 saturated carbocycles. The van der Waals surface area contributed by atoms with Crippen LogP contribution in [0, 0.1) is 18.6 Å². The van der Waals surface area contributed by atoms with Gasteiger partial charge in [-0.2, -0.15) is 4.80 Å². The smallest absolute Gasteiger partial charge is 0.186 e. The summed E-state index contributed by atoms with van der Waals surface area (Å²) in [5, 5.41) is 12.4. The molecule has 0 bridgehead atoms. The van der Waals surface area contributed by atoms with Crippen LogP contribution in [0.3, 0.4) is 0 Å². The predicted molar refractivity (Wildman–Crippen MR) is 126 cm³/mol. The molecule has 0 radical (unpaired) electrons. The molecular weight excluding hydrogens is 486 g/mol. The van der Waals surface area contributed by atoms with E-state index in [1.165, 1.54) is 23.0 Å². The lowest BCUT2D eigenvalue weighted by molar-refractivity contribution is -0.269. The van der Waals surface area contributed by atoms with E-state index in [9.17, 15) is 13.6 Å². The van der Waals surface area contributed by atoms with Gasteiger partial charge >= 0.3 is 0 Å². The van der Waals surface area contributed by atoms with Gasteiger partial charge in [0.2, 0.25) is 0 Å². The predicted octanol–water partition coefficient (Wildman–Crippen LogP) is 3.32. The summed E-state index contributed by atoms with van der Waals surface area (Å²) < 4.78 is 47.3.